The van der Waals surface area contributed by atoms with E-state index < -0.39 is 0 Å². The lowest BCUT2D eigenvalue weighted by Crippen LogP contribution is -2.47. The Labute approximate surface area is 186 Å². The van der Waals surface area contributed by atoms with Crippen LogP contribution >= 0.6 is 0 Å². The number of carbonyl (C=O) groups is 2. The Kier molecular flexibility index (Phi) is 5.40. The molecule has 2 aromatic carbocycles. The minimum atomic E-state index is -0.367. The van der Waals surface area contributed by atoms with E-state index >= 15 is 0 Å². The monoisotopic (exact) mass is 432 g/mol. The SMILES string of the molecule is N#Cc1ccc(N2CCN(CCC(=O)c3cc4c5c(c3)CCN5C(=O)CC4)CC2)c(F)c1. The Morgan fingerprint density at radius 3 is 2.47 bits per heavy atom. The lowest BCUT2D eigenvalue weighted by molar-refractivity contribution is -0.118. The molecule has 0 spiro atoms. The number of halogens is 1. The molecule has 1 saturated heterocycles. The van der Waals surface area contributed by atoms with Crippen LogP contribution in [0.1, 0.15) is 39.9 Å². The van der Waals surface area contributed by atoms with Gasteiger partial charge in [0.2, 0.25) is 5.91 Å². The summed E-state index contributed by atoms with van der Waals surface area (Å²) in [5.41, 5.74) is 4.90. The standard InChI is InChI=1S/C25H25FN4O2/c26-21-13-17(16-27)1-3-22(21)29-11-9-28(10-12-29)7-6-23(31)20-14-18-2-4-24(32)30-8-5-19(15-20)25(18)30/h1,3,13-15H,2,4-12H2. The van der Waals surface area contributed by atoms with E-state index in [1.165, 1.54) is 6.07 Å². The van der Waals surface area contributed by atoms with Crippen molar-refractivity contribution in [3.63, 3.8) is 0 Å². The van der Waals surface area contributed by atoms with Crippen molar-refractivity contribution in [3.8, 4) is 6.07 Å². The number of amides is 1. The fourth-order valence-electron chi connectivity index (χ4n) is 5.07. The largest absolute Gasteiger partial charge is 0.367 e. The summed E-state index contributed by atoms with van der Waals surface area (Å²) in [7, 11) is 0. The van der Waals surface area contributed by atoms with Crippen molar-refractivity contribution in [3.05, 3.63) is 58.4 Å². The minimum Gasteiger partial charge on any atom is -0.367 e. The lowest BCUT2D eigenvalue weighted by Gasteiger charge is -2.36. The number of aryl methyl sites for hydroxylation is 1. The summed E-state index contributed by atoms with van der Waals surface area (Å²) in [6.45, 7) is 4.30. The fraction of sp³-hybridized carbons (Fsp3) is 0.400. The van der Waals surface area contributed by atoms with Crippen LogP contribution in [0.2, 0.25) is 0 Å². The van der Waals surface area contributed by atoms with Crippen LogP contribution < -0.4 is 9.80 Å². The molecule has 0 N–H and O–H groups in total. The molecule has 5 rings (SSSR count). The number of nitrogens with zero attached hydrogens (tertiary/aromatic N) is 4. The predicted molar refractivity (Wildman–Crippen MR) is 120 cm³/mol. The maximum Gasteiger partial charge on any atom is 0.227 e. The molecule has 6 nitrogen and oxygen atoms in total. The maximum absolute atomic E-state index is 14.3. The first-order valence-corrected chi connectivity index (χ1v) is 11.2. The van der Waals surface area contributed by atoms with Gasteiger partial charge in [-0.1, -0.05) is 0 Å². The van der Waals surface area contributed by atoms with Crippen LogP contribution in [0.3, 0.4) is 0 Å². The third-order valence-electron chi connectivity index (χ3n) is 6.82. The fourth-order valence-corrected chi connectivity index (χ4v) is 5.07. The van der Waals surface area contributed by atoms with E-state index in [0.717, 1.165) is 48.4 Å². The minimum absolute atomic E-state index is 0.139. The van der Waals surface area contributed by atoms with Gasteiger partial charge in [0.05, 0.1) is 23.0 Å². The molecule has 3 heterocycles. The van der Waals surface area contributed by atoms with E-state index in [0.29, 0.717) is 50.1 Å². The number of anilines is 2. The topological polar surface area (TPSA) is 67.7 Å². The molecule has 2 aromatic rings. The quantitative estimate of drug-likeness (QED) is 0.680. The highest BCUT2D eigenvalue weighted by atomic mass is 19.1. The normalized spacial score (nSPS) is 17.9. The van der Waals surface area contributed by atoms with Gasteiger partial charge in [-0.05, 0) is 54.3 Å². The lowest BCUT2D eigenvalue weighted by atomic mass is 9.94. The van der Waals surface area contributed by atoms with E-state index in [1.54, 1.807) is 12.1 Å². The molecular weight excluding hydrogens is 407 g/mol. The molecule has 0 radical (unpaired) electrons. The molecule has 0 atom stereocenters. The van der Waals surface area contributed by atoms with Gasteiger partial charge >= 0.3 is 0 Å². The molecule has 3 aliphatic rings. The summed E-state index contributed by atoms with van der Waals surface area (Å²) in [5.74, 6) is -0.0381. The third kappa shape index (κ3) is 3.76. The average Bonchev–Trinajstić information content (AvgIpc) is 3.25. The van der Waals surface area contributed by atoms with E-state index in [9.17, 15) is 14.0 Å². The van der Waals surface area contributed by atoms with Crippen molar-refractivity contribution >= 4 is 23.1 Å². The summed E-state index contributed by atoms with van der Waals surface area (Å²) < 4.78 is 14.3. The second kappa shape index (κ2) is 8.36. The van der Waals surface area contributed by atoms with Crippen molar-refractivity contribution < 1.29 is 14.0 Å². The zero-order valence-electron chi connectivity index (χ0n) is 17.9. The first kappa shape index (κ1) is 20.7. The number of rotatable bonds is 5. The van der Waals surface area contributed by atoms with Crippen LogP contribution in [0.15, 0.2) is 30.3 Å². The Hall–Kier alpha value is -3.24. The molecule has 7 heteroatoms. The Balaban J connectivity index is 1.18. The van der Waals surface area contributed by atoms with Gasteiger partial charge < -0.3 is 9.80 Å². The van der Waals surface area contributed by atoms with E-state index in [1.807, 2.05) is 28.0 Å². The third-order valence-corrected chi connectivity index (χ3v) is 6.82. The molecule has 0 bridgehead atoms. The highest BCUT2D eigenvalue weighted by molar-refractivity contribution is 6.02. The van der Waals surface area contributed by atoms with E-state index in [-0.39, 0.29) is 17.5 Å². The number of piperazine rings is 1. The van der Waals surface area contributed by atoms with Crippen molar-refractivity contribution in [1.82, 2.24) is 4.90 Å². The van der Waals surface area contributed by atoms with Crippen LogP contribution in [0.4, 0.5) is 15.8 Å². The number of carbonyl (C=O) groups excluding carboxylic acids is 2. The Bertz CT molecular complexity index is 1130. The Morgan fingerprint density at radius 1 is 1.00 bits per heavy atom. The number of hydrogen-bond acceptors (Lipinski definition) is 5. The van der Waals surface area contributed by atoms with Crippen LogP contribution in [-0.2, 0) is 17.6 Å². The van der Waals surface area contributed by atoms with Gasteiger partial charge in [0, 0.05) is 57.7 Å². The summed E-state index contributed by atoms with van der Waals surface area (Å²) in [4.78, 5) is 31.1. The average molecular weight is 432 g/mol. The van der Waals surface area contributed by atoms with Crippen molar-refractivity contribution in [1.29, 1.82) is 5.26 Å². The van der Waals surface area contributed by atoms with Crippen molar-refractivity contribution in [2.24, 2.45) is 0 Å². The summed E-state index contributed by atoms with van der Waals surface area (Å²) >= 11 is 0. The van der Waals surface area contributed by atoms with Crippen LogP contribution in [0.25, 0.3) is 0 Å². The molecule has 0 unspecified atom stereocenters. The van der Waals surface area contributed by atoms with Gasteiger partial charge in [0.15, 0.2) is 5.78 Å². The molecule has 32 heavy (non-hydrogen) atoms. The van der Waals surface area contributed by atoms with Gasteiger partial charge in [-0.2, -0.15) is 5.26 Å². The van der Waals surface area contributed by atoms with E-state index in [4.69, 9.17) is 5.26 Å². The first-order valence-electron chi connectivity index (χ1n) is 11.2. The summed E-state index contributed by atoms with van der Waals surface area (Å²) in [6.07, 6.45) is 2.51. The summed E-state index contributed by atoms with van der Waals surface area (Å²) in [6, 6.07) is 10.5. The Morgan fingerprint density at radius 2 is 1.75 bits per heavy atom. The smallest absolute Gasteiger partial charge is 0.227 e. The predicted octanol–water partition coefficient (Wildman–Crippen LogP) is 2.93. The van der Waals surface area contributed by atoms with Crippen molar-refractivity contribution in [2.45, 2.75) is 25.7 Å². The van der Waals surface area contributed by atoms with Gasteiger partial charge in [-0.25, -0.2) is 4.39 Å². The first-order chi connectivity index (χ1) is 15.5. The van der Waals surface area contributed by atoms with Gasteiger partial charge in [0.1, 0.15) is 5.82 Å². The zero-order valence-corrected chi connectivity index (χ0v) is 17.9. The van der Waals surface area contributed by atoms with Crippen LogP contribution in [-0.4, -0.2) is 55.9 Å². The zero-order chi connectivity index (χ0) is 22.2. The number of benzene rings is 2. The number of ketones is 1. The van der Waals surface area contributed by atoms with Gasteiger partial charge in [0.25, 0.3) is 0 Å². The second-order valence-electron chi connectivity index (χ2n) is 8.72. The van der Waals surface area contributed by atoms with E-state index in [2.05, 4.69) is 4.90 Å². The van der Waals surface area contributed by atoms with Crippen LogP contribution in [0, 0.1) is 17.1 Å². The highest BCUT2D eigenvalue weighted by Crippen LogP contribution is 2.37. The molecule has 3 aliphatic heterocycles. The molecule has 0 aliphatic carbocycles. The molecule has 1 amide bonds. The van der Waals surface area contributed by atoms with Crippen LogP contribution in [0.5, 0.6) is 0 Å². The number of Topliss-reactive ketones (excluding diaryl/α,β-unsaturated/α-hetero) is 1. The highest BCUT2D eigenvalue weighted by Gasteiger charge is 2.32. The maximum atomic E-state index is 14.3. The van der Waals surface area contributed by atoms with Crippen molar-refractivity contribution in [2.75, 3.05) is 49.1 Å². The molecule has 164 valence electrons. The van der Waals surface area contributed by atoms with Gasteiger partial charge in [-0.15, -0.1) is 0 Å². The number of nitriles is 1. The van der Waals surface area contributed by atoms with Gasteiger partial charge in [-0.3, -0.25) is 14.5 Å². The molecule has 0 saturated carbocycles. The number of hydrogen-bond donors (Lipinski definition) is 0. The molecular formula is C25H25FN4O2. The molecule has 0 aromatic heterocycles. The second-order valence-corrected chi connectivity index (χ2v) is 8.72. The molecule has 1 fully saturated rings. The summed E-state index contributed by atoms with van der Waals surface area (Å²) in [5, 5.41) is 8.90.